The van der Waals surface area contributed by atoms with Gasteiger partial charge < -0.3 is 10.5 Å². The molecule has 0 aliphatic rings. The molecule has 0 spiro atoms. The summed E-state index contributed by atoms with van der Waals surface area (Å²) in [6.45, 7) is 4.78. The van der Waals surface area contributed by atoms with Crippen molar-refractivity contribution in [2.75, 3.05) is 5.73 Å². The zero-order chi connectivity index (χ0) is 12.3. The molecule has 6 nitrogen and oxygen atoms in total. The van der Waals surface area contributed by atoms with Crippen molar-refractivity contribution in [2.24, 2.45) is 0 Å². The molecule has 0 aliphatic heterocycles. The highest BCUT2D eigenvalue weighted by Crippen LogP contribution is 2.20. The Morgan fingerprint density at radius 2 is 2.18 bits per heavy atom. The largest absolute Gasteiger partial charge is 0.436 e. The maximum absolute atomic E-state index is 5.67. The van der Waals surface area contributed by atoms with Gasteiger partial charge in [0.2, 0.25) is 5.88 Å². The van der Waals surface area contributed by atoms with Crippen LogP contribution < -0.4 is 10.5 Å². The summed E-state index contributed by atoms with van der Waals surface area (Å²) in [4.78, 5) is 8.31. The number of rotatable bonds is 4. The van der Waals surface area contributed by atoms with Crippen LogP contribution in [0.4, 0.5) is 5.82 Å². The third kappa shape index (κ3) is 2.72. The minimum Gasteiger partial charge on any atom is -0.436 e. The molecule has 2 heterocycles. The minimum atomic E-state index is 0.412. The van der Waals surface area contributed by atoms with Crippen LogP contribution in [-0.4, -0.2) is 19.7 Å². The van der Waals surface area contributed by atoms with Crippen LogP contribution in [0.25, 0.3) is 0 Å². The fraction of sp³-hybridized carbons (Fsp3) is 0.364. The number of nitrogen functional groups attached to an aromatic ring is 1. The molecule has 2 N–H and O–H groups in total. The predicted molar refractivity (Wildman–Crippen MR) is 63.8 cm³/mol. The van der Waals surface area contributed by atoms with E-state index in [1.165, 1.54) is 0 Å². The van der Waals surface area contributed by atoms with Gasteiger partial charge in [-0.3, -0.25) is 4.68 Å². The van der Waals surface area contributed by atoms with Gasteiger partial charge in [-0.05, 0) is 6.92 Å². The fourth-order valence-corrected chi connectivity index (χ4v) is 1.39. The van der Waals surface area contributed by atoms with E-state index in [0.717, 1.165) is 13.0 Å². The van der Waals surface area contributed by atoms with E-state index in [-0.39, 0.29) is 0 Å². The second-order valence-corrected chi connectivity index (χ2v) is 3.53. The van der Waals surface area contributed by atoms with Crippen molar-refractivity contribution in [3.8, 4) is 11.6 Å². The molecule has 0 saturated carbocycles. The molecule has 0 atom stereocenters. The van der Waals surface area contributed by atoms with Crippen molar-refractivity contribution >= 4 is 5.82 Å². The third-order valence-electron chi connectivity index (χ3n) is 2.24. The smallest absolute Gasteiger partial charge is 0.224 e. The van der Waals surface area contributed by atoms with Crippen LogP contribution in [0.1, 0.15) is 19.7 Å². The van der Waals surface area contributed by atoms with Gasteiger partial charge in [0.25, 0.3) is 0 Å². The Balaban J connectivity index is 2.20. The minimum absolute atomic E-state index is 0.412. The summed E-state index contributed by atoms with van der Waals surface area (Å²) >= 11 is 0. The molecule has 17 heavy (non-hydrogen) atoms. The van der Waals surface area contributed by atoms with E-state index in [9.17, 15) is 0 Å². The van der Waals surface area contributed by atoms with Crippen LogP contribution in [0, 0.1) is 0 Å². The normalized spacial score (nSPS) is 10.5. The molecule has 2 aromatic heterocycles. The molecule has 0 fully saturated rings. The quantitative estimate of drug-likeness (QED) is 0.868. The topological polar surface area (TPSA) is 78.9 Å². The standard InChI is InChI=1S/C11H15N5O/c1-3-10-14-9(12)5-11(15-10)17-8-6-13-16(4-2)7-8/h5-7H,3-4H2,1-2H3,(H2,12,14,15). The molecular formula is C11H15N5O. The van der Waals surface area contributed by atoms with Crippen molar-refractivity contribution in [3.05, 3.63) is 24.3 Å². The van der Waals surface area contributed by atoms with E-state index in [2.05, 4.69) is 15.1 Å². The van der Waals surface area contributed by atoms with Crippen LogP contribution in [0.5, 0.6) is 11.6 Å². The predicted octanol–water partition coefficient (Wildman–Crippen LogP) is 1.63. The Bertz CT molecular complexity index is 508. The van der Waals surface area contributed by atoms with Crippen LogP contribution in [0.2, 0.25) is 0 Å². The van der Waals surface area contributed by atoms with Crippen molar-refractivity contribution < 1.29 is 4.74 Å². The number of anilines is 1. The summed E-state index contributed by atoms with van der Waals surface area (Å²) < 4.78 is 7.35. The molecular weight excluding hydrogens is 218 g/mol. The first-order chi connectivity index (χ1) is 8.21. The third-order valence-corrected chi connectivity index (χ3v) is 2.24. The van der Waals surface area contributed by atoms with E-state index in [1.54, 1.807) is 16.9 Å². The average molecular weight is 233 g/mol. The number of hydrogen-bond acceptors (Lipinski definition) is 5. The van der Waals surface area contributed by atoms with Gasteiger partial charge in [0.15, 0.2) is 5.75 Å². The monoisotopic (exact) mass is 233 g/mol. The number of nitrogens with zero attached hydrogens (tertiary/aromatic N) is 4. The summed E-state index contributed by atoms with van der Waals surface area (Å²) in [7, 11) is 0. The second-order valence-electron chi connectivity index (χ2n) is 3.53. The average Bonchev–Trinajstić information content (AvgIpc) is 2.76. The zero-order valence-corrected chi connectivity index (χ0v) is 9.92. The lowest BCUT2D eigenvalue weighted by atomic mass is 10.4. The first-order valence-electron chi connectivity index (χ1n) is 5.55. The van der Waals surface area contributed by atoms with Crippen molar-refractivity contribution in [1.82, 2.24) is 19.7 Å². The van der Waals surface area contributed by atoms with Crippen molar-refractivity contribution in [3.63, 3.8) is 0 Å². The van der Waals surface area contributed by atoms with E-state index in [1.807, 2.05) is 20.0 Å². The molecule has 0 aliphatic carbocycles. The number of hydrogen-bond donors (Lipinski definition) is 1. The Hall–Kier alpha value is -2.11. The summed E-state index contributed by atoms with van der Waals surface area (Å²) in [5.74, 6) is 2.18. The fourth-order valence-electron chi connectivity index (χ4n) is 1.39. The number of aryl methyl sites for hydroxylation is 2. The van der Waals surface area contributed by atoms with Gasteiger partial charge in [0.05, 0.1) is 12.4 Å². The summed E-state index contributed by atoms with van der Waals surface area (Å²) in [5, 5.41) is 4.11. The van der Waals surface area contributed by atoms with Crippen LogP contribution in [0.15, 0.2) is 18.5 Å². The van der Waals surface area contributed by atoms with Gasteiger partial charge in [0, 0.05) is 19.0 Å². The molecule has 0 amide bonds. The van der Waals surface area contributed by atoms with E-state index in [0.29, 0.717) is 23.3 Å². The number of aromatic nitrogens is 4. The van der Waals surface area contributed by atoms with E-state index >= 15 is 0 Å². The Kier molecular flexibility index (Phi) is 3.22. The Labute approximate surface area is 99.4 Å². The maximum Gasteiger partial charge on any atom is 0.224 e. The van der Waals surface area contributed by atoms with E-state index in [4.69, 9.17) is 10.5 Å². The highest BCUT2D eigenvalue weighted by Gasteiger charge is 2.05. The van der Waals surface area contributed by atoms with Crippen LogP contribution in [-0.2, 0) is 13.0 Å². The molecule has 0 radical (unpaired) electrons. The van der Waals surface area contributed by atoms with Gasteiger partial charge >= 0.3 is 0 Å². The Morgan fingerprint density at radius 1 is 1.35 bits per heavy atom. The van der Waals surface area contributed by atoms with Crippen LogP contribution in [0.3, 0.4) is 0 Å². The molecule has 2 rings (SSSR count). The Morgan fingerprint density at radius 3 is 2.82 bits per heavy atom. The van der Waals surface area contributed by atoms with Gasteiger partial charge in [-0.25, -0.2) is 4.98 Å². The van der Waals surface area contributed by atoms with Gasteiger partial charge in [-0.15, -0.1) is 0 Å². The first-order valence-corrected chi connectivity index (χ1v) is 5.55. The summed E-state index contributed by atoms with van der Waals surface area (Å²) in [6, 6.07) is 1.60. The molecule has 0 aromatic carbocycles. The van der Waals surface area contributed by atoms with Crippen LogP contribution >= 0.6 is 0 Å². The molecule has 0 unspecified atom stereocenters. The summed E-state index contributed by atoms with van der Waals surface area (Å²) in [6.07, 6.45) is 4.17. The lowest BCUT2D eigenvalue weighted by Crippen LogP contribution is -2.00. The van der Waals surface area contributed by atoms with Gasteiger partial charge in [-0.2, -0.15) is 10.1 Å². The molecule has 6 heteroatoms. The molecule has 2 aromatic rings. The zero-order valence-electron chi connectivity index (χ0n) is 9.92. The van der Waals surface area contributed by atoms with Gasteiger partial charge in [0.1, 0.15) is 11.6 Å². The van der Waals surface area contributed by atoms with Crippen molar-refractivity contribution in [2.45, 2.75) is 26.8 Å². The van der Waals surface area contributed by atoms with Gasteiger partial charge in [-0.1, -0.05) is 6.92 Å². The highest BCUT2D eigenvalue weighted by atomic mass is 16.5. The molecule has 0 saturated heterocycles. The highest BCUT2D eigenvalue weighted by molar-refractivity contribution is 5.34. The summed E-state index contributed by atoms with van der Waals surface area (Å²) in [5.41, 5.74) is 5.67. The number of ether oxygens (including phenoxy) is 1. The lowest BCUT2D eigenvalue weighted by Gasteiger charge is -2.04. The maximum atomic E-state index is 5.67. The molecule has 0 bridgehead atoms. The number of nitrogens with two attached hydrogens (primary N) is 1. The first kappa shape index (κ1) is 11.4. The van der Waals surface area contributed by atoms with E-state index < -0.39 is 0 Å². The molecule has 90 valence electrons. The van der Waals surface area contributed by atoms with Crippen molar-refractivity contribution in [1.29, 1.82) is 0 Å². The lowest BCUT2D eigenvalue weighted by molar-refractivity contribution is 0.458. The SMILES string of the molecule is CCc1nc(N)cc(Oc2cnn(CC)c2)n1. The second kappa shape index (κ2) is 4.82.